The molecule has 1 aliphatic carbocycles. The standard InChI is InChI=1S/C13H17BrN2O3/c1-13(2,3)19-12(17)16-9-6-11(14)15-7-10(9)18-8-4-5-8/h6-8H,4-5H2,1-3H3,(H,15,16,17). The summed E-state index contributed by atoms with van der Waals surface area (Å²) in [5.74, 6) is 0.566. The quantitative estimate of drug-likeness (QED) is 0.859. The van der Waals surface area contributed by atoms with Crippen LogP contribution < -0.4 is 10.1 Å². The van der Waals surface area contributed by atoms with Crippen molar-refractivity contribution in [3.8, 4) is 5.75 Å². The summed E-state index contributed by atoms with van der Waals surface area (Å²) in [6.07, 6.45) is 3.41. The number of rotatable bonds is 3. The molecule has 1 saturated carbocycles. The third-order valence-corrected chi connectivity index (χ3v) is 2.72. The molecular formula is C13H17BrN2O3. The second-order valence-electron chi connectivity index (χ2n) is 5.45. The van der Waals surface area contributed by atoms with E-state index in [4.69, 9.17) is 9.47 Å². The van der Waals surface area contributed by atoms with E-state index in [1.54, 1.807) is 12.3 Å². The monoisotopic (exact) mass is 328 g/mol. The fraction of sp³-hybridized carbons (Fsp3) is 0.538. The summed E-state index contributed by atoms with van der Waals surface area (Å²) in [4.78, 5) is 15.9. The highest BCUT2D eigenvalue weighted by Crippen LogP contribution is 2.33. The van der Waals surface area contributed by atoms with Gasteiger partial charge in [0.15, 0.2) is 5.75 Å². The van der Waals surface area contributed by atoms with Crippen molar-refractivity contribution >= 4 is 27.7 Å². The molecule has 104 valence electrons. The van der Waals surface area contributed by atoms with Gasteiger partial charge in [-0.1, -0.05) is 0 Å². The molecule has 1 aromatic rings. The molecule has 19 heavy (non-hydrogen) atoms. The first-order valence-corrected chi connectivity index (χ1v) is 6.95. The molecule has 0 radical (unpaired) electrons. The number of hydrogen-bond donors (Lipinski definition) is 1. The zero-order valence-electron chi connectivity index (χ0n) is 11.2. The van der Waals surface area contributed by atoms with Crippen LogP contribution in [0.3, 0.4) is 0 Å². The number of carbonyl (C=O) groups excluding carboxylic acids is 1. The van der Waals surface area contributed by atoms with Crippen molar-refractivity contribution in [2.24, 2.45) is 0 Å². The number of hydrogen-bond acceptors (Lipinski definition) is 4. The maximum atomic E-state index is 11.8. The lowest BCUT2D eigenvalue weighted by Gasteiger charge is -2.20. The second kappa shape index (κ2) is 5.36. The molecule has 6 heteroatoms. The summed E-state index contributed by atoms with van der Waals surface area (Å²) in [6, 6.07) is 1.70. The van der Waals surface area contributed by atoms with E-state index in [0.717, 1.165) is 12.8 Å². The number of nitrogens with one attached hydrogen (secondary N) is 1. The Morgan fingerprint density at radius 1 is 1.47 bits per heavy atom. The van der Waals surface area contributed by atoms with E-state index in [0.29, 0.717) is 16.0 Å². The van der Waals surface area contributed by atoms with Gasteiger partial charge in [0.1, 0.15) is 10.2 Å². The van der Waals surface area contributed by atoms with Gasteiger partial charge in [-0.2, -0.15) is 0 Å². The van der Waals surface area contributed by atoms with Crippen molar-refractivity contribution in [2.75, 3.05) is 5.32 Å². The van der Waals surface area contributed by atoms with Gasteiger partial charge in [0, 0.05) is 0 Å². The van der Waals surface area contributed by atoms with Crippen LogP contribution in [0.4, 0.5) is 10.5 Å². The lowest BCUT2D eigenvalue weighted by molar-refractivity contribution is 0.0635. The van der Waals surface area contributed by atoms with Gasteiger partial charge in [-0.05, 0) is 55.6 Å². The zero-order valence-corrected chi connectivity index (χ0v) is 12.8. The molecule has 1 aliphatic rings. The maximum absolute atomic E-state index is 11.8. The third-order valence-electron chi connectivity index (χ3n) is 2.29. The Morgan fingerprint density at radius 2 is 2.16 bits per heavy atom. The fourth-order valence-corrected chi connectivity index (χ4v) is 1.72. The van der Waals surface area contributed by atoms with Crippen LogP contribution in [0.25, 0.3) is 0 Å². The molecule has 0 spiro atoms. The second-order valence-corrected chi connectivity index (χ2v) is 6.26. The number of ether oxygens (including phenoxy) is 2. The van der Waals surface area contributed by atoms with E-state index in [-0.39, 0.29) is 6.10 Å². The first kappa shape index (κ1) is 14.1. The number of aromatic nitrogens is 1. The largest absolute Gasteiger partial charge is 0.487 e. The summed E-state index contributed by atoms with van der Waals surface area (Å²) in [5.41, 5.74) is 0.0225. The van der Waals surface area contributed by atoms with E-state index < -0.39 is 11.7 Å². The predicted octanol–water partition coefficient (Wildman–Crippen LogP) is 3.73. The van der Waals surface area contributed by atoms with Crippen molar-refractivity contribution in [1.82, 2.24) is 4.98 Å². The molecule has 1 aromatic heterocycles. The maximum Gasteiger partial charge on any atom is 0.412 e. The highest BCUT2D eigenvalue weighted by atomic mass is 79.9. The molecule has 1 heterocycles. The normalized spacial score (nSPS) is 14.9. The number of nitrogens with zero attached hydrogens (tertiary/aromatic N) is 1. The molecule has 0 aromatic carbocycles. The Hall–Kier alpha value is -1.30. The van der Waals surface area contributed by atoms with Gasteiger partial charge in [-0.25, -0.2) is 9.78 Å². The Bertz CT molecular complexity index is 481. The minimum absolute atomic E-state index is 0.238. The van der Waals surface area contributed by atoms with Crippen molar-refractivity contribution < 1.29 is 14.3 Å². The van der Waals surface area contributed by atoms with Gasteiger partial charge < -0.3 is 9.47 Å². The summed E-state index contributed by atoms with van der Waals surface area (Å²) in [6.45, 7) is 5.45. The Kier molecular flexibility index (Phi) is 3.99. The van der Waals surface area contributed by atoms with Crippen molar-refractivity contribution in [3.63, 3.8) is 0 Å². The van der Waals surface area contributed by atoms with Gasteiger partial charge in [0.05, 0.1) is 18.0 Å². The Morgan fingerprint density at radius 3 is 2.74 bits per heavy atom. The average molecular weight is 329 g/mol. The lowest BCUT2D eigenvalue weighted by Crippen LogP contribution is -2.27. The molecule has 5 nitrogen and oxygen atoms in total. The zero-order chi connectivity index (χ0) is 14.0. The Balaban J connectivity index is 2.08. The van der Waals surface area contributed by atoms with Gasteiger partial charge in [-0.15, -0.1) is 0 Å². The van der Waals surface area contributed by atoms with E-state index in [2.05, 4.69) is 26.2 Å². The van der Waals surface area contributed by atoms with Crippen LogP contribution in [0.1, 0.15) is 33.6 Å². The number of carbonyl (C=O) groups is 1. The SMILES string of the molecule is CC(C)(C)OC(=O)Nc1cc(Br)ncc1OC1CC1. The van der Waals surface area contributed by atoms with Crippen molar-refractivity contribution in [1.29, 1.82) is 0 Å². The number of anilines is 1. The Labute approximate surface area is 120 Å². The van der Waals surface area contributed by atoms with E-state index in [1.165, 1.54) is 0 Å². The summed E-state index contributed by atoms with van der Waals surface area (Å²) >= 11 is 3.27. The van der Waals surface area contributed by atoms with Gasteiger partial charge in [0.2, 0.25) is 0 Å². The van der Waals surface area contributed by atoms with Crippen LogP contribution in [0, 0.1) is 0 Å². The van der Waals surface area contributed by atoms with E-state index in [1.807, 2.05) is 20.8 Å². The van der Waals surface area contributed by atoms with Crippen LogP contribution in [0.2, 0.25) is 0 Å². The smallest absolute Gasteiger partial charge is 0.412 e. The highest BCUT2D eigenvalue weighted by molar-refractivity contribution is 9.10. The van der Waals surface area contributed by atoms with Crippen molar-refractivity contribution in [3.05, 3.63) is 16.9 Å². The van der Waals surface area contributed by atoms with Crippen molar-refractivity contribution in [2.45, 2.75) is 45.3 Å². The van der Waals surface area contributed by atoms with E-state index in [9.17, 15) is 4.79 Å². The highest BCUT2D eigenvalue weighted by Gasteiger charge is 2.25. The lowest BCUT2D eigenvalue weighted by atomic mass is 10.2. The number of pyridine rings is 1. The molecule has 1 N–H and O–H groups in total. The van der Waals surface area contributed by atoms with Gasteiger partial charge >= 0.3 is 6.09 Å². The average Bonchev–Trinajstić information content (AvgIpc) is 3.03. The fourth-order valence-electron chi connectivity index (χ4n) is 1.39. The predicted molar refractivity (Wildman–Crippen MR) is 75.4 cm³/mol. The summed E-state index contributed by atoms with van der Waals surface area (Å²) in [5, 5.41) is 2.68. The minimum atomic E-state index is -0.536. The van der Waals surface area contributed by atoms with E-state index >= 15 is 0 Å². The first-order chi connectivity index (χ1) is 8.83. The molecule has 0 aliphatic heterocycles. The minimum Gasteiger partial charge on any atom is -0.487 e. The van der Waals surface area contributed by atoms with Gasteiger partial charge in [-0.3, -0.25) is 5.32 Å². The molecule has 0 bridgehead atoms. The first-order valence-electron chi connectivity index (χ1n) is 6.16. The molecular weight excluding hydrogens is 312 g/mol. The topological polar surface area (TPSA) is 60.5 Å². The van der Waals surface area contributed by atoms with Crippen LogP contribution in [-0.2, 0) is 4.74 Å². The van der Waals surface area contributed by atoms with Crippen LogP contribution in [0.5, 0.6) is 5.75 Å². The summed E-state index contributed by atoms with van der Waals surface area (Å²) < 4.78 is 11.5. The van der Waals surface area contributed by atoms with Crippen LogP contribution in [0.15, 0.2) is 16.9 Å². The summed E-state index contributed by atoms with van der Waals surface area (Å²) in [7, 11) is 0. The number of halogens is 1. The van der Waals surface area contributed by atoms with Crippen LogP contribution in [-0.4, -0.2) is 22.8 Å². The molecule has 2 rings (SSSR count). The molecule has 1 fully saturated rings. The molecule has 1 amide bonds. The molecule has 0 atom stereocenters. The third kappa shape index (κ3) is 4.70. The molecule has 0 unspecified atom stereocenters. The molecule has 0 saturated heterocycles. The van der Waals surface area contributed by atoms with Crippen LogP contribution >= 0.6 is 15.9 Å². The number of amides is 1. The van der Waals surface area contributed by atoms with Gasteiger partial charge in [0.25, 0.3) is 0 Å².